The van der Waals surface area contributed by atoms with Gasteiger partial charge in [0, 0.05) is 16.7 Å². The number of phenolic OH excluding ortho intramolecular Hbond substituents is 1. The van der Waals surface area contributed by atoms with E-state index in [1.54, 1.807) is 12.1 Å². The Balaban J connectivity index is 2.39. The first-order valence-corrected chi connectivity index (χ1v) is 9.42. The average Bonchev–Trinajstić information content (AvgIpc) is 2.81. The molecule has 7 heteroatoms. The number of aromatic hydroxyl groups is 1. The van der Waals surface area contributed by atoms with E-state index in [-0.39, 0.29) is 27.1 Å². The maximum Gasteiger partial charge on any atom is 0.253 e. The summed E-state index contributed by atoms with van der Waals surface area (Å²) < 4.78 is 0. The van der Waals surface area contributed by atoms with Crippen molar-refractivity contribution < 1.29 is 9.95 Å². The molecule has 3 rings (SSSR count). The van der Waals surface area contributed by atoms with E-state index >= 15 is 0 Å². The van der Waals surface area contributed by atoms with Gasteiger partial charge >= 0.3 is 0 Å². The third kappa shape index (κ3) is 3.46. The van der Waals surface area contributed by atoms with Gasteiger partial charge in [0.2, 0.25) is 5.52 Å². The van der Waals surface area contributed by atoms with Crippen molar-refractivity contribution in [3.05, 3.63) is 50.6 Å². The van der Waals surface area contributed by atoms with Gasteiger partial charge in [0.15, 0.2) is 11.4 Å². The molecule has 0 fully saturated rings. The molecule has 0 unspecified atom stereocenters. The van der Waals surface area contributed by atoms with Gasteiger partial charge in [0.05, 0.1) is 10.1 Å². The summed E-state index contributed by atoms with van der Waals surface area (Å²) in [6.45, 7) is 12.3. The van der Waals surface area contributed by atoms with Gasteiger partial charge in [-0.2, -0.15) is 0 Å². The van der Waals surface area contributed by atoms with Crippen LogP contribution in [0.25, 0.3) is 16.7 Å². The second-order valence-electron chi connectivity index (χ2n) is 8.81. The van der Waals surface area contributed by atoms with Gasteiger partial charge in [-0.3, -0.25) is 0 Å². The summed E-state index contributed by atoms with van der Waals surface area (Å²) in [5.74, 6) is 0.0233. The van der Waals surface area contributed by atoms with Crippen LogP contribution in [0.15, 0.2) is 24.3 Å². The lowest BCUT2D eigenvalue weighted by atomic mass is 9.80. The smallest absolute Gasteiger partial charge is 0.253 e. The van der Waals surface area contributed by atoms with Crippen LogP contribution in [-0.2, 0) is 10.8 Å². The zero-order chi connectivity index (χ0) is 20.3. The van der Waals surface area contributed by atoms with Crippen molar-refractivity contribution >= 4 is 34.2 Å². The molecule has 0 saturated carbocycles. The van der Waals surface area contributed by atoms with Crippen LogP contribution >= 0.6 is 23.2 Å². The third-order valence-corrected chi connectivity index (χ3v) is 5.06. The van der Waals surface area contributed by atoms with E-state index in [0.717, 1.165) is 15.9 Å². The Morgan fingerprint density at radius 3 is 2.19 bits per heavy atom. The Morgan fingerprint density at radius 2 is 1.63 bits per heavy atom. The molecule has 3 aromatic rings. The average molecular weight is 408 g/mol. The molecule has 0 aliphatic heterocycles. The molecule has 0 bridgehead atoms. The van der Waals surface area contributed by atoms with E-state index in [9.17, 15) is 10.3 Å². The zero-order valence-corrected chi connectivity index (χ0v) is 17.8. The highest BCUT2D eigenvalue weighted by Crippen LogP contribution is 2.39. The number of hydrogen-bond acceptors (Lipinski definition) is 3. The molecule has 0 saturated heterocycles. The zero-order valence-electron chi connectivity index (χ0n) is 16.3. The molecular formula is C20H23Cl2N3O2. The summed E-state index contributed by atoms with van der Waals surface area (Å²) in [4.78, 5) is 1.72. The van der Waals surface area contributed by atoms with Crippen LogP contribution in [0.3, 0.4) is 0 Å². The van der Waals surface area contributed by atoms with Crippen molar-refractivity contribution in [3.63, 3.8) is 0 Å². The van der Waals surface area contributed by atoms with Crippen molar-refractivity contribution in [1.29, 1.82) is 0 Å². The molecule has 0 radical (unpaired) electrons. The van der Waals surface area contributed by atoms with Crippen molar-refractivity contribution in [2.45, 2.75) is 52.4 Å². The number of benzene rings is 2. The second-order valence-corrected chi connectivity index (χ2v) is 9.65. The molecule has 1 aromatic heterocycles. The molecule has 5 nitrogen and oxygen atoms in total. The summed E-state index contributed by atoms with van der Waals surface area (Å²) in [5, 5.41) is 28.8. The van der Waals surface area contributed by atoms with E-state index in [2.05, 4.69) is 25.9 Å². The van der Waals surface area contributed by atoms with Crippen LogP contribution in [-0.4, -0.2) is 15.0 Å². The summed E-state index contributed by atoms with van der Waals surface area (Å²) in [6, 6.07) is 6.85. The number of phenols is 1. The number of fused-ring (bicyclic) bond motifs is 1. The van der Waals surface area contributed by atoms with Crippen LogP contribution in [0.1, 0.15) is 52.7 Å². The Kier molecular flexibility index (Phi) is 4.60. The predicted molar refractivity (Wildman–Crippen MR) is 109 cm³/mol. The molecule has 1 N–H and O–H groups in total. The van der Waals surface area contributed by atoms with Crippen LogP contribution in [0, 0.1) is 5.21 Å². The largest absolute Gasteiger partial charge is 0.692 e. The summed E-state index contributed by atoms with van der Waals surface area (Å²) in [6.07, 6.45) is 0. The quantitative estimate of drug-likeness (QED) is 0.441. The molecule has 2 aromatic carbocycles. The van der Waals surface area contributed by atoms with E-state index in [1.807, 2.05) is 26.8 Å². The van der Waals surface area contributed by atoms with Gasteiger partial charge in [0.1, 0.15) is 0 Å². The van der Waals surface area contributed by atoms with Crippen LogP contribution < -0.4 is 4.85 Å². The fourth-order valence-corrected chi connectivity index (χ4v) is 3.54. The minimum absolute atomic E-state index is 0.0233. The summed E-state index contributed by atoms with van der Waals surface area (Å²) in [7, 11) is 0. The standard InChI is InChI=1S/C20H23Cl2N3O2/c1-19(2,3)11-7-13(20(4,5)6)18(26)16(8-11)24-23-15-10-12(21)9-14(22)17(15)25(24)27/h7-10,26H,1-6H3. The highest BCUT2D eigenvalue weighted by Gasteiger charge is 2.29. The fourth-order valence-electron chi connectivity index (χ4n) is 2.98. The van der Waals surface area contributed by atoms with Crippen LogP contribution in [0.4, 0.5) is 0 Å². The molecule has 1 heterocycles. The first-order valence-electron chi connectivity index (χ1n) is 8.66. The highest BCUT2D eigenvalue weighted by atomic mass is 35.5. The summed E-state index contributed by atoms with van der Waals surface area (Å²) >= 11 is 12.2. The molecule has 0 aliphatic rings. The number of aromatic nitrogens is 3. The van der Waals surface area contributed by atoms with E-state index in [1.165, 1.54) is 6.07 Å². The maximum absolute atomic E-state index is 12.9. The van der Waals surface area contributed by atoms with Crippen molar-refractivity contribution in [3.8, 4) is 11.4 Å². The van der Waals surface area contributed by atoms with Crippen molar-refractivity contribution in [1.82, 2.24) is 9.90 Å². The van der Waals surface area contributed by atoms with E-state index in [4.69, 9.17) is 23.2 Å². The van der Waals surface area contributed by atoms with Gasteiger partial charge < -0.3 is 10.3 Å². The fraction of sp³-hybridized carbons (Fsp3) is 0.400. The highest BCUT2D eigenvalue weighted by molar-refractivity contribution is 6.37. The molecule has 0 atom stereocenters. The van der Waals surface area contributed by atoms with Gasteiger partial charge in [0.25, 0.3) is 5.52 Å². The van der Waals surface area contributed by atoms with Crippen LogP contribution in [0.2, 0.25) is 10.0 Å². The van der Waals surface area contributed by atoms with Crippen LogP contribution in [0.5, 0.6) is 5.75 Å². The molecule has 144 valence electrons. The van der Waals surface area contributed by atoms with Gasteiger partial charge in [-0.1, -0.05) is 70.8 Å². The Labute approximate surface area is 168 Å². The van der Waals surface area contributed by atoms with Gasteiger partial charge in [-0.15, -0.1) is 4.85 Å². The Bertz CT molecular complexity index is 1040. The number of hydrogen-bond donors (Lipinski definition) is 1. The topological polar surface area (TPSA) is 65.0 Å². The molecular weight excluding hydrogens is 385 g/mol. The number of nitrogens with zero attached hydrogens (tertiary/aromatic N) is 3. The minimum Gasteiger partial charge on any atom is -0.692 e. The Morgan fingerprint density at radius 1 is 1.00 bits per heavy atom. The van der Waals surface area contributed by atoms with Gasteiger partial charge in [-0.25, -0.2) is 0 Å². The van der Waals surface area contributed by atoms with E-state index < -0.39 is 0 Å². The minimum atomic E-state index is -0.318. The molecule has 0 spiro atoms. The number of halogens is 2. The first kappa shape index (κ1) is 19.8. The maximum atomic E-state index is 12.9. The summed E-state index contributed by atoms with van der Waals surface area (Å²) in [5.41, 5.74) is 2.12. The Hall–Kier alpha value is -1.98. The molecule has 0 amide bonds. The van der Waals surface area contributed by atoms with Crippen molar-refractivity contribution in [2.24, 2.45) is 0 Å². The predicted octanol–water partition coefficient (Wildman–Crippen LogP) is 5.27. The third-order valence-electron chi connectivity index (χ3n) is 4.55. The lowest BCUT2D eigenvalue weighted by Crippen LogP contribution is -2.37. The lowest BCUT2D eigenvalue weighted by Gasteiger charge is -2.26. The van der Waals surface area contributed by atoms with Crippen molar-refractivity contribution in [2.75, 3.05) is 0 Å². The monoisotopic (exact) mass is 407 g/mol. The van der Waals surface area contributed by atoms with E-state index in [0.29, 0.717) is 21.1 Å². The lowest BCUT2D eigenvalue weighted by molar-refractivity contribution is -0.664. The SMILES string of the molecule is CC(C)(C)c1cc(-n2nc3cc(Cl)cc(Cl)c3[n+]2[O-])c(O)c(C(C)(C)C)c1. The molecule has 0 aliphatic carbocycles. The molecule has 27 heavy (non-hydrogen) atoms. The first-order chi connectivity index (χ1) is 12.3. The number of rotatable bonds is 1. The van der Waals surface area contributed by atoms with Gasteiger partial charge in [-0.05, 0) is 33.3 Å². The second kappa shape index (κ2) is 6.28. The normalized spacial score (nSPS) is 12.7.